The van der Waals surface area contributed by atoms with E-state index in [-0.39, 0.29) is 17.7 Å². The third-order valence-electron chi connectivity index (χ3n) is 3.99. The molecule has 8 heteroatoms. The maximum Gasteiger partial charge on any atom is 0.269 e. The fraction of sp³-hybridized carbons (Fsp3) is 0.353. The number of benzene rings is 1. The Hall–Kier alpha value is -2.35. The first-order chi connectivity index (χ1) is 12.0. The van der Waals surface area contributed by atoms with Crippen molar-refractivity contribution in [3.8, 4) is 5.75 Å². The van der Waals surface area contributed by atoms with E-state index in [1.54, 1.807) is 23.1 Å². The highest BCUT2D eigenvalue weighted by atomic mass is 79.9. The molecular weight excluding hydrogens is 390 g/mol. The molecule has 1 aromatic carbocycles. The van der Waals surface area contributed by atoms with Gasteiger partial charge >= 0.3 is 0 Å². The Labute approximate surface area is 154 Å². The largest absolute Gasteiger partial charge is 0.496 e. The zero-order valence-electron chi connectivity index (χ0n) is 13.9. The minimum Gasteiger partial charge on any atom is -0.496 e. The van der Waals surface area contributed by atoms with Gasteiger partial charge in [0.25, 0.3) is 5.91 Å². The van der Waals surface area contributed by atoms with Gasteiger partial charge in [-0.15, -0.1) is 0 Å². The normalized spacial score (nSPS) is 16.7. The third-order valence-corrected chi connectivity index (χ3v) is 4.61. The monoisotopic (exact) mass is 409 g/mol. The van der Waals surface area contributed by atoms with Crippen LogP contribution in [0.3, 0.4) is 0 Å². The Morgan fingerprint density at radius 2 is 2.12 bits per heavy atom. The molecule has 0 aromatic heterocycles. The Morgan fingerprint density at radius 1 is 1.36 bits per heavy atom. The molecule has 1 heterocycles. The van der Waals surface area contributed by atoms with Crippen molar-refractivity contribution in [1.82, 2.24) is 15.8 Å². The summed E-state index contributed by atoms with van der Waals surface area (Å²) in [7, 11) is 1.53. The van der Waals surface area contributed by atoms with E-state index in [1.807, 2.05) is 0 Å². The van der Waals surface area contributed by atoms with E-state index in [9.17, 15) is 14.4 Å². The average molecular weight is 410 g/mol. The SMILES string of the molecule is C=CC(=O)N1CCCC(C(=O)NNC(=O)c2ccc(OC)c(Br)c2)C1. The molecule has 1 aliphatic heterocycles. The molecule has 2 N–H and O–H groups in total. The Bertz CT molecular complexity index is 692. The number of hydrogen-bond donors (Lipinski definition) is 2. The smallest absolute Gasteiger partial charge is 0.269 e. The molecular formula is C17H20BrN3O4. The Balaban J connectivity index is 1.90. The number of nitrogens with one attached hydrogen (secondary N) is 2. The number of rotatable bonds is 4. The van der Waals surface area contributed by atoms with Gasteiger partial charge in [0.15, 0.2) is 0 Å². The number of halogens is 1. The zero-order valence-corrected chi connectivity index (χ0v) is 15.5. The predicted octanol–water partition coefficient (Wildman–Crippen LogP) is 1.64. The van der Waals surface area contributed by atoms with Gasteiger partial charge < -0.3 is 9.64 Å². The van der Waals surface area contributed by atoms with E-state index >= 15 is 0 Å². The molecule has 1 aliphatic rings. The van der Waals surface area contributed by atoms with Crippen LogP contribution in [0.5, 0.6) is 5.75 Å². The molecule has 3 amide bonds. The van der Waals surface area contributed by atoms with E-state index in [0.29, 0.717) is 35.3 Å². The number of amides is 3. The summed E-state index contributed by atoms with van der Waals surface area (Å²) < 4.78 is 5.75. The molecule has 1 unspecified atom stereocenters. The van der Waals surface area contributed by atoms with Crippen LogP contribution in [0, 0.1) is 5.92 Å². The number of likely N-dealkylation sites (tertiary alicyclic amines) is 1. The van der Waals surface area contributed by atoms with Crippen molar-refractivity contribution in [2.24, 2.45) is 5.92 Å². The summed E-state index contributed by atoms with van der Waals surface area (Å²) in [5.74, 6) is -0.700. The van der Waals surface area contributed by atoms with Gasteiger partial charge in [-0.3, -0.25) is 25.2 Å². The lowest BCUT2D eigenvalue weighted by Crippen LogP contribution is -2.49. The lowest BCUT2D eigenvalue weighted by molar-refractivity contribution is -0.132. The summed E-state index contributed by atoms with van der Waals surface area (Å²) in [5, 5.41) is 0. The summed E-state index contributed by atoms with van der Waals surface area (Å²) in [6.45, 7) is 4.39. The van der Waals surface area contributed by atoms with Gasteiger partial charge in [-0.05, 0) is 53.0 Å². The highest BCUT2D eigenvalue weighted by Gasteiger charge is 2.27. The van der Waals surface area contributed by atoms with Crippen LogP contribution >= 0.6 is 15.9 Å². The molecule has 2 rings (SSSR count). The van der Waals surface area contributed by atoms with Gasteiger partial charge in [-0.2, -0.15) is 0 Å². The number of carbonyl (C=O) groups excluding carboxylic acids is 3. The highest BCUT2D eigenvalue weighted by Crippen LogP contribution is 2.25. The summed E-state index contributed by atoms with van der Waals surface area (Å²) in [6, 6.07) is 4.85. The molecule has 1 atom stereocenters. The van der Waals surface area contributed by atoms with Gasteiger partial charge in [0.05, 0.1) is 17.5 Å². The molecule has 7 nitrogen and oxygen atoms in total. The standard InChI is InChI=1S/C17H20BrN3O4/c1-3-15(22)21-8-4-5-12(10-21)17(24)20-19-16(23)11-6-7-14(25-2)13(18)9-11/h3,6-7,9,12H,1,4-5,8,10H2,2H3,(H,19,23)(H,20,24). The lowest BCUT2D eigenvalue weighted by Gasteiger charge is -2.31. The minimum absolute atomic E-state index is 0.190. The first kappa shape index (κ1) is 19.0. The quantitative estimate of drug-likeness (QED) is 0.584. The lowest BCUT2D eigenvalue weighted by atomic mass is 9.97. The number of nitrogens with zero attached hydrogens (tertiary/aromatic N) is 1. The van der Waals surface area contributed by atoms with Crippen LogP contribution in [0.2, 0.25) is 0 Å². The molecule has 0 spiro atoms. The van der Waals surface area contributed by atoms with Gasteiger partial charge in [-0.1, -0.05) is 6.58 Å². The van der Waals surface area contributed by atoms with E-state index in [4.69, 9.17) is 4.74 Å². The van der Waals surface area contributed by atoms with Crippen molar-refractivity contribution in [3.05, 3.63) is 40.9 Å². The number of carbonyl (C=O) groups is 3. The highest BCUT2D eigenvalue weighted by molar-refractivity contribution is 9.10. The third kappa shape index (κ3) is 4.82. The minimum atomic E-state index is -0.438. The maximum atomic E-state index is 12.2. The Kier molecular flexibility index (Phi) is 6.58. The molecule has 25 heavy (non-hydrogen) atoms. The molecule has 1 saturated heterocycles. The second-order valence-electron chi connectivity index (χ2n) is 5.62. The van der Waals surface area contributed by atoms with Crippen molar-refractivity contribution in [2.45, 2.75) is 12.8 Å². The van der Waals surface area contributed by atoms with Crippen molar-refractivity contribution >= 4 is 33.7 Å². The first-order valence-corrected chi connectivity index (χ1v) is 8.60. The molecule has 1 aromatic rings. The second-order valence-corrected chi connectivity index (χ2v) is 6.47. The van der Waals surface area contributed by atoms with Gasteiger partial charge in [0.1, 0.15) is 5.75 Å². The van der Waals surface area contributed by atoms with Crippen molar-refractivity contribution < 1.29 is 19.1 Å². The van der Waals surface area contributed by atoms with E-state index in [0.717, 1.165) is 6.42 Å². The maximum absolute atomic E-state index is 12.2. The van der Waals surface area contributed by atoms with Crippen LogP contribution in [-0.2, 0) is 9.59 Å². The topological polar surface area (TPSA) is 87.7 Å². The van der Waals surface area contributed by atoms with E-state index in [1.165, 1.54) is 13.2 Å². The van der Waals surface area contributed by atoms with Crippen molar-refractivity contribution in [1.29, 1.82) is 0 Å². The fourth-order valence-electron chi connectivity index (χ4n) is 2.62. The van der Waals surface area contributed by atoms with Crippen LogP contribution in [0.25, 0.3) is 0 Å². The summed E-state index contributed by atoms with van der Waals surface area (Å²) in [4.78, 5) is 37.6. The number of piperidine rings is 1. The molecule has 134 valence electrons. The van der Waals surface area contributed by atoms with Gasteiger partial charge in [0, 0.05) is 18.7 Å². The molecule has 1 fully saturated rings. The predicted molar refractivity (Wildman–Crippen MR) is 95.8 cm³/mol. The van der Waals surface area contributed by atoms with Crippen LogP contribution < -0.4 is 15.6 Å². The second kappa shape index (κ2) is 8.66. The average Bonchev–Trinajstić information content (AvgIpc) is 2.65. The van der Waals surface area contributed by atoms with Crippen LogP contribution in [0.1, 0.15) is 23.2 Å². The number of hydrazine groups is 1. The fourth-order valence-corrected chi connectivity index (χ4v) is 3.16. The summed E-state index contributed by atoms with van der Waals surface area (Å²) >= 11 is 3.31. The molecule has 0 bridgehead atoms. The number of methoxy groups -OCH3 is 1. The molecule has 0 saturated carbocycles. The summed E-state index contributed by atoms with van der Waals surface area (Å²) in [5.41, 5.74) is 5.20. The molecule has 0 radical (unpaired) electrons. The van der Waals surface area contributed by atoms with Crippen LogP contribution in [0.15, 0.2) is 35.3 Å². The van der Waals surface area contributed by atoms with Crippen LogP contribution in [-0.4, -0.2) is 42.8 Å². The van der Waals surface area contributed by atoms with Crippen LogP contribution in [0.4, 0.5) is 0 Å². The van der Waals surface area contributed by atoms with E-state index < -0.39 is 5.91 Å². The molecule has 0 aliphatic carbocycles. The van der Waals surface area contributed by atoms with Gasteiger partial charge in [0.2, 0.25) is 11.8 Å². The van der Waals surface area contributed by atoms with Crippen molar-refractivity contribution in [3.63, 3.8) is 0 Å². The Morgan fingerprint density at radius 3 is 2.76 bits per heavy atom. The summed E-state index contributed by atoms with van der Waals surface area (Å²) in [6.07, 6.45) is 2.64. The number of ether oxygens (including phenoxy) is 1. The van der Waals surface area contributed by atoms with E-state index in [2.05, 4.69) is 33.4 Å². The van der Waals surface area contributed by atoms with Gasteiger partial charge in [-0.25, -0.2) is 0 Å². The van der Waals surface area contributed by atoms with Crippen molar-refractivity contribution in [2.75, 3.05) is 20.2 Å². The first-order valence-electron chi connectivity index (χ1n) is 7.81. The zero-order chi connectivity index (χ0) is 18.4. The number of hydrogen-bond acceptors (Lipinski definition) is 4.